The number of benzene rings is 2. The molecule has 2 aromatic rings. The van der Waals surface area contributed by atoms with Crippen LogP contribution in [-0.2, 0) is 17.4 Å². The molecule has 4 nitrogen and oxygen atoms in total. The molecule has 3 atom stereocenters. The fourth-order valence-electron chi connectivity index (χ4n) is 4.09. The Morgan fingerprint density at radius 2 is 1.87 bits per heavy atom. The lowest BCUT2D eigenvalue weighted by atomic mass is 9.62. The van der Waals surface area contributed by atoms with Gasteiger partial charge in [-0.3, -0.25) is 0 Å². The molecule has 0 saturated carbocycles. The summed E-state index contributed by atoms with van der Waals surface area (Å²) in [6.07, 6.45) is -4.76. The van der Waals surface area contributed by atoms with Gasteiger partial charge in [0.05, 0.1) is 23.2 Å². The van der Waals surface area contributed by atoms with E-state index in [-0.39, 0.29) is 12.0 Å². The van der Waals surface area contributed by atoms with Crippen LogP contribution in [0.5, 0.6) is 0 Å². The van der Waals surface area contributed by atoms with Gasteiger partial charge in [0.25, 0.3) is 0 Å². The maximum atomic E-state index is 13.8. The van der Waals surface area contributed by atoms with Crippen molar-refractivity contribution in [2.45, 2.75) is 38.4 Å². The number of hydrogen-bond donors (Lipinski definition) is 1. The molecule has 0 radical (unpaired) electrons. The molecule has 0 fully saturated rings. The molecule has 0 amide bonds. The number of carboxylic acids is 1. The second kappa shape index (κ2) is 8.06. The molecule has 2 aromatic carbocycles. The lowest BCUT2D eigenvalue weighted by Gasteiger charge is -2.48. The highest BCUT2D eigenvalue weighted by Crippen LogP contribution is 2.50. The number of halogens is 4. The van der Waals surface area contributed by atoms with Crippen LogP contribution in [0.4, 0.5) is 17.6 Å². The van der Waals surface area contributed by atoms with E-state index in [0.29, 0.717) is 11.8 Å². The van der Waals surface area contributed by atoms with Crippen LogP contribution in [0.25, 0.3) is 0 Å². The average molecular weight is 431 g/mol. The number of allylic oxidation sites excluding steroid dienone is 2. The normalized spacial score (nSPS) is 23.8. The number of nitrogens with one attached hydrogen (secondary N) is 1. The Hall–Kier alpha value is -3.34. The van der Waals surface area contributed by atoms with Crippen LogP contribution < -0.4 is 10.4 Å². The Kier molecular flexibility index (Phi) is 5.81. The second-order valence-corrected chi connectivity index (χ2v) is 7.76. The molecule has 3 unspecified atom stereocenters. The van der Waals surface area contributed by atoms with Gasteiger partial charge in [-0.1, -0.05) is 43.3 Å². The molecule has 1 N–H and O–H groups in total. The lowest BCUT2D eigenvalue weighted by molar-refractivity contribution is -0.320. The van der Waals surface area contributed by atoms with E-state index in [1.165, 1.54) is 13.8 Å². The maximum Gasteiger partial charge on any atom is 0.416 e. The number of carbonyl (C=O) groups is 1. The van der Waals surface area contributed by atoms with Crippen LogP contribution in [0, 0.1) is 22.6 Å². The van der Waals surface area contributed by atoms with Crippen molar-refractivity contribution in [2.24, 2.45) is 5.41 Å². The minimum absolute atomic E-state index is 0.147. The summed E-state index contributed by atoms with van der Waals surface area (Å²) in [4.78, 5) is 12.2. The summed E-state index contributed by atoms with van der Waals surface area (Å²) < 4.78 is 55.0. The third-order valence-corrected chi connectivity index (χ3v) is 5.92. The first-order valence-corrected chi connectivity index (χ1v) is 9.51. The summed E-state index contributed by atoms with van der Waals surface area (Å²) in [5.41, 5.74) is -2.73. The minimum atomic E-state index is -4.95. The molecule has 0 aliphatic carbocycles. The van der Waals surface area contributed by atoms with E-state index in [0.717, 1.165) is 17.7 Å². The topological polar surface area (TPSA) is 76.0 Å². The number of nitrogens with zero attached hydrogens (tertiary/aromatic N) is 1. The summed E-state index contributed by atoms with van der Waals surface area (Å²) >= 11 is 0. The predicted octanol–water partition coefficient (Wildman–Crippen LogP) is 3.70. The molecule has 1 aliphatic heterocycles. The van der Waals surface area contributed by atoms with Crippen molar-refractivity contribution in [1.82, 2.24) is 5.32 Å². The van der Waals surface area contributed by atoms with Crippen molar-refractivity contribution in [3.8, 4) is 6.07 Å². The average Bonchev–Trinajstić information content (AvgIpc) is 2.70. The van der Waals surface area contributed by atoms with E-state index >= 15 is 0 Å². The van der Waals surface area contributed by atoms with E-state index < -0.39 is 46.5 Å². The SMILES string of the molecule is CC1NC(Cc2ccccc2)=C(C#N)C(c2ccc(F)cc2C(F)(F)F)C1(C)C(=O)[O-]. The Morgan fingerprint density at radius 1 is 1.23 bits per heavy atom. The molecule has 0 bridgehead atoms. The van der Waals surface area contributed by atoms with Crippen LogP contribution >= 0.6 is 0 Å². The molecule has 1 heterocycles. The fourth-order valence-corrected chi connectivity index (χ4v) is 4.09. The Morgan fingerprint density at radius 3 is 2.42 bits per heavy atom. The molecule has 0 saturated heterocycles. The van der Waals surface area contributed by atoms with E-state index in [4.69, 9.17) is 0 Å². The molecule has 31 heavy (non-hydrogen) atoms. The molecule has 3 rings (SSSR count). The summed E-state index contributed by atoms with van der Waals surface area (Å²) in [6.45, 7) is 2.75. The highest BCUT2D eigenvalue weighted by Gasteiger charge is 2.50. The van der Waals surface area contributed by atoms with Gasteiger partial charge in [-0.15, -0.1) is 0 Å². The number of carbonyl (C=O) groups excluding carboxylic acids is 1. The molecule has 8 heteroatoms. The van der Waals surface area contributed by atoms with Crippen molar-refractivity contribution >= 4 is 5.97 Å². The number of hydrogen-bond acceptors (Lipinski definition) is 4. The van der Waals surface area contributed by atoms with Crippen molar-refractivity contribution < 1.29 is 27.5 Å². The maximum absolute atomic E-state index is 13.8. The first-order chi connectivity index (χ1) is 14.5. The summed E-state index contributed by atoms with van der Waals surface area (Å²) in [5.74, 6) is -4.21. The quantitative estimate of drug-likeness (QED) is 0.750. The van der Waals surface area contributed by atoms with Gasteiger partial charge in [0.15, 0.2) is 0 Å². The summed E-state index contributed by atoms with van der Waals surface area (Å²) in [7, 11) is 0. The standard InChI is InChI=1S/C23H20F4N2O2/c1-13-22(2,21(30)31)20(16-9-8-15(24)11-18(16)23(25,26)27)17(12-28)19(29-13)10-14-6-4-3-5-7-14/h3-9,11,13,20,29H,10H2,1-2H3,(H,30,31)/p-1. The monoisotopic (exact) mass is 431 g/mol. The van der Waals surface area contributed by atoms with Gasteiger partial charge in [0.1, 0.15) is 5.82 Å². The molecular weight excluding hydrogens is 412 g/mol. The van der Waals surface area contributed by atoms with E-state index in [1.807, 2.05) is 6.07 Å². The van der Waals surface area contributed by atoms with Gasteiger partial charge in [-0.25, -0.2) is 4.39 Å². The molecule has 162 valence electrons. The summed E-state index contributed by atoms with van der Waals surface area (Å²) in [5, 5.41) is 25.1. The smallest absolute Gasteiger partial charge is 0.416 e. The van der Waals surface area contributed by atoms with Crippen LogP contribution in [-0.4, -0.2) is 12.0 Å². The van der Waals surface area contributed by atoms with Crippen molar-refractivity contribution in [3.05, 3.63) is 82.3 Å². The van der Waals surface area contributed by atoms with Crippen molar-refractivity contribution in [1.29, 1.82) is 5.26 Å². The van der Waals surface area contributed by atoms with Crippen LogP contribution in [0.3, 0.4) is 0 Å². The molecule has 0 aromatic heterocycles. The minimum Gasteiger partial charge on any atom is -0.549 e. The zero-order valence-corrected chi connectivity index (χ0v) is 16.8. The molecular formula is C23H19F4N2O2-. The van der Waals surface area contributed by atoms with E-state index in [9.17, 15) is 32.7 Å². The Balaban J connectivity index is 2.30. The highest BCUT2D eigenvalue weighted by molar-refractivity contribution is 5.77. The number of rotatable bonds is 4. The van der Waals surface area contributed by atoms with Gasteiger partial charge < -0.3 is 15.2 Å². The first-order valence-electron chi connectivity index (χ1n) is 9.51. The predicted molar refractivity (Wildman–Crippen MR) is 103 cm³/mol. The van der Waals surface area contributed by atoms with E-state index in [1.54, 1.807) is 30.3 Å². The first kappa shape index (κ1) is 22.3. The largest absolute Gasteiger partial charge is 0.549 e. The van der Waals surface area contributed by atoms with Gasteiger partial charge >= 0.3 is 6.18 Å². The van der Waals surface area contributed by atoms with E-state index in [2.05, 4.69) is 5.32 Å². The fraction of sp³-hybridized carbons (Fsp3) is 0.304. The second-order valence-electron chi connectivity index (χ2n) is 7.76. The van der Waals surface area contributed by atoms with Gasteiger partial charge in [0.2, 0.25) is 0 Å². The zero-order valence-electron chi connectivity index (χ0n) is 16.8. The Labute approximate surface area is 176 Å². The number of aliphatic carboxylic acids is 1. The van der Waals surface area contributed by atoms with Gasteiger partial charge in [-0.2, -0.15) is 18.4 Å². The molecule has 1 aliphatic rings. The Bertz CT molecular complexity index is 1070. The number of carboxylic acid groups (broad SMARTS) is 1. The third-order valence-electron chi connectivity index (χ3n) is 5.92. The summed E-state index contributed by atoms with van der Waals surface area (Å²) in [6, 6.07) is 12.0. The van der Waals surface area contributed by atoms with Gasteiger partial charge in [-0.05, 0) is 30.2 Å². The van der Waals surface area contributed by atoms with Crippen molar-refractivity contribution in [3.63, 3.8) is 0 Å². The van der Waals surface area contributed by atoms with Crippen molar-refractivity contribution in [2.75, 3.05) is 0 Å². The van der Waals surface area contributed by atoms with Crippen LogP contribution in [0.2, 0.25) is 0 Å². The lowest BCUT2D eigenvalue weighted by Crippen LogP contribution is -2.58. The number of nitriles is 1. The van der Waals surface area contributed by atoms with Gasteiger partial charge in [0, 0.05) is 29.5 Å². The highest BCUT2D eigenvalue weighted by atomic mass is 19.4. The number of alkyl halides is 3. The molecule has 0 spiro atoms. The zero-order chi connectivity index (χ0) is 23.0. The van der Waals surface area contributed by atoms with Crippen LogP contribution in [0.15, 0.2) is 59.8 Å². The third kappa shape index (κ3) is 4.00. The van der Waals surface area contributed by atoms with Crippen LogP contribution in [0.1, 0.15) is 36.5 Å².